The van der Waals surface area contributed by atoms with Gasteiger partial charge in [-0.1, -0.05) is 0 Å². The van der Waals surface area contributed by atoms with Crippen LogP contribution in [0.1, 0.15) is 19.9 Å². The van der Waals surface area contributed by atoms with Crippen molar-refractivity contribution in [2.45, 2.75) is 25.0 Å². The van der Waals surface area contributed by atoms with Gasteiger partial charge in [0.2, 0.25) is 0 Å². The van der Waals surface area contributed by atoms with Crippen LogP contribution >= 0.6 is 37.9 Å². The van der Waals surface area contributed by atoms with Crippen LogP contribution in [0.2, 0.25) is 0 Å². The Hall–Kier alpha value is -0.440. The molecule has 0 aliphatic carbocycles. The Balaban J connectivity index is 2.67. The van der Waals surface area contributed by atoms with Crippen molar-refractivity contribution in [2.75, 3.05) is 0 Å². The molecule has 0 aliphatic rings. The molecule has 9 heteroatoms. The summed E-state index contributed by atoms with van der Waals surface area (Å²) in [6.45, 7) is 3.70. The SMILES string of the molecule is CC(C)n1c(-c2ccc(Br)s2)nnc1S(=O)(=O)Cl. The summed E-state index contributed by atoms with van der Waals surface area (Å²) in [6, 6.07) is 3.61. The molecule has 2 heterocycles. The van der Waals surface area contributed by atoms with E-state index in [2.05, 4.69) is 26.1 Å². The molecule has 0 saturated heterocycles. The molecule has 0 fully saturated rings. The molecule has 0 amide bonds. The Morgan fingerprint density at radius 3 is 2.50 bits per heavy atom. The van der Waals surface area contributed by atoms with E-state index >= 15 is 0 Å². The van der Waals surface area contributed by atoms with Crippen molar-refractivity contribution in [3.05, 3.63) is 15.9 Å². The van der Waals surface area contributed by atoms with Crippen molar-refractivity contribution in [1.82, 2.24) is 14.8 Å². The monoisotopic (exact) mass is 369 g/mol. The fourth-order valence-corrected chi connectivity index (χ4v) is 3.87. The van der Waals surface area contributed by atoms with E-state index in [1.165, 1.54) is 15.9 Å². The van der Waals surface area contributed by atoms with Crippen molar-refractivity contribution in [1.29, 1.82) is 0 Å². The van der Waals surface area contributed by atoms with Crippen molar-refractivity contribution in [2.24, 2.45) is 0 Å². The van der Waals surface area contributed by atoms with Crippen LogP contribution in [0.15, 0.2) is 21.1 Å². The number of hydrogen-bond donors (Lipinski definition) is 0. The highest BCUT2D eigenvalue weighted by Gasteiger charge is 2.25. The number of aromatic nitrogens is 3. The van der Waals surface area contributed by atoms with Crippen LogP contribution < -0.4 is 0 Å². The molecule has 0 N–H and O–H groups in total. The molecule has 0 radical (unpaired) electrons. The van der Waals surface area contributed by atoms with Crippen molar-refractivity contribution >= 4 is 47.0 Å². The number of rotatable bonds is 3. The molecule has 5 nitrogen and oxygen atoms in total. The predicted molar refractivity (Wildman–Crippen MR) is 74.5 cm³/mol. The summed E-state index contributed by atoms with van der Waals surface area (Å²) >= 11 is 4.81. The lowest BCUT2D eigenvalue weighted by Gasteiger charge is -2.11. The second-order valence-electron chi connectivity index (χ2n) is 3.81. The lowest BCUT2D eigenvalue weighted by atomic mass is 10.3. The molecule has 2 rings (SSSR count). The molecule has 2 aromatic heterocycles. The van der Waals surface area contributed by atoms with Gasteiger partial charge in [-0.25, -0.2) is 8.42 Å². The Labute approximate surface area is 121 Å². The van der Waals surface area contributed by atoms with Gasteiger partial charge in [-0.15, -0.1) is 21.5 Å². The fourth-order valence-electron chi connectivity index (χ4n) is 1.51. The van der Waals surface area contributed by atoms with Crippen molar-refractivity contribution in [3.8, 4) is 10.7 Å². The number of nitrogens with zero attached hydrogens (tertiary/aromatic N) is 3. The topological polar surface area (TPSA) is 64.8 Å². The maximum absolute atomic E-state index is 11.4. The van der Waals surface area contributed by atoms with E-state index < -0.39 is 9.05 Å². The lowest BCUT2D eigenvalue weighted by molar-refractivity contribution is 0.531. The van der Waals surface area contributed by atoms with Gasteiger partial charge < -0.3 is 0 Å². The molecule has 0 aliphatic heterocycles. The lowest BCUT2D eigenvalue weighted by Crippen LogP contribution is -2.09. The highest BCUT2D eigenvalue weighted by Crippen LogP contribution is 2.33. The Morgan fingerprint density at radius 1 is 1.39 bits per heavy atom. The van der Waals surface area contributed by atoms with Gasteiger partial charge in [0.15, 0.2) is 5.82 Å². The van der Waals surface area contributed by atoms with Crippen LogP contribution in [0.4, 0.5) is 0 Å². The summed E-state index contributed by atoms with van der Waals surface area (Å²) in [6.07, 6.45) is 0. The first-order valence-corrected chi connectivity index (χ1v) is 8.88. The van der Waals surface area contributed by atoms with Crippen LogP contribution in [-0.2, 0) is 9.05 Å². The first kappa shape index (κ1) is 14.0. The van der Waals surface area contributed by atoms with E-state index in [1.54, 1.807) is 0 Å². The van der Waals surface area contributed by atoms with E-state index in [0.29, 0.717) is 5.82 Å². The number of hydrogen-bond acceptors (Lipinski definition) is 5. The van der Waals surface area contributed by atoms with Gasteiger partial charge in [-0.3, -0.25) is 4.57 Å². The summed E-state index contributed by atoms with van der Waals surface area (Å²) in [4.78, 5) is 0.828. The van der Waals surface area contributed by atoms with E-state index in [1.807, 2.05) is 26.0 Å². The molecule has 0 saturated carbocycles. The first-order valence-electron chi connectivity index (χ1n) is 4.96. The second-order valence-corrected chi connectivity index (χ2v) is 8.73. The summed E-state index contributed by atoms with van der Waals surface area (Å²) in [5.74, 6) is 0.500. The van der Waals surface area contributed by atoms with Crippen LogP contribution in [0.3, 0.4) is 0 Å². The Bertz CT molecular complexity index is 678. The van der Waals surface area contributed by atoms with E-state index in [9.17, 15) is 8.42 Å². The summed E-state index contributed by atoms with van der Waals surface area (Å²) < 4.78 is 25.3. The molecule has 0 spiro atoms. The molecule has 18 heavy (non-hydrogen) atoms. The third-order valence-corrected chi connectivity index (χ3v) is 4.94. The molecular weight excluding hydrogens is 362 g/mol. The van der Waals surface area contributed by atoms with Crippen LogP contribution in [0.5, 0.6) is 0 Å². The zero-order chi connectivity index (χ0) is 13.5. The smallest absolute Gasteiger partial charge is 0.294 e. The third-order valence-electron chi connectivity index (χ3n) is 2.19. The minimum absolute atomic E-state index is 0.112. The normalized spacial score (nSPS) is 12.3. The van der Waals surface area contributed by atoms with Crippen molar-refractivity contribution < 1.29 is 8.42 Å². The predicted octanol–water partition coefficient (Wildman–Crippen LogP) is 3.28. The minimum atomic E-state index is -3.90. The first-order chi connectivity index (χ1) is 8.30. The summed E-state index contributed by atoms with van der Waals surface area (Å²) in [5, 5.41) is 7.38. The Morgan fingerprint density at radius 2 is 2.06 bits per heavy atom. The Kier molecular flexibility index (Phi) is 3.82. The summed E-state index contributed by atoms with van der Waals surface area (Å²) in [7, 11) is 1.45. The molecule has 0 unspecified atom stereocenters. The van der Waals surface area contributed by atoms with Gasteiger partial charge in [0, 0.05) is 16.7 Å². The minimum Gasteiger partial charge on any atom is -0.294 e. The van der Waals surface area contributed by atoms with E-state index in [0.717, 1.165) is 8.66 Å². The van der Waals surface area contributed by atoms with Gasteiger partial charge in [0.05, 0.1) is 8.66 Å². The van der Waals surface area contributed by atoms with Crippen molar-refractivity contribution in [3.63, 3.8) is 0 Å². The third kappa shape index (κ3) is 2.61. The van der Waals surface area contributed by atoms with E-state index in [-0.39, 0.29) is 11.2 Å². The average molecular weight is 371 g/mol. The fraction of sp³-hybridized carbons (Fsp3) is 0.333. The van der Waals surface area contributed by atoms with Gasteiger partial charge in [-0.05, 0) is 41.9 Å². The van der Waals surface area contributed by atoms with Crippen LogP contribution in [-0.4, -0.2) is 23.2 Å². The quantitative estimate of drug-likeness (QED) is 0.778. The van der Waals surface area contributed by atoms with Gasteiger partial charge >= 0.3 is 0 Å². The second kappa shape index (κ2) is 4.92. The number of thiophene rings is 1. The maximum atomic E-state index is 11.4. The van der Waals surface area contributed by atoms with Gasteiger partial charge in [0.25, 0.3) is 14.2 Å². The largest absolute Gasteiger partial charge is 0.296 e. The highest BCUT2D eigenvalue weighted by atomic mass is 79.9. The van der Waals surface area contributed by atoms with Gasteiger partial charge in [0.1, 0.15) is 0 Å². The zero-order valence-corrected chi connectivity index (χ0v) is 13.4. The summed E-state index contributed by atoms with van der Waals surface area (Å²) in [5.41, 5.74) is 0. The highest BCUT2D eigenvalue weighted by molar-refractivity contribution is 9.11. The van der Waals surface area contributed by atoms with Crippen LogP contribution in [0, 0.1) is 0 Å². The maximum Gasteiger partial charge on any atom is 0.296 e. The molecule has 0 atom stereocenters. The van der Waals surface area contributed by atoms with Crippen LogP contribution in [0.25, 0.3) is 10.7 Å². The van der Waals surface area contributed by atoms with E-state index in [4.69, 9.17) is 10.7 Å². The molecule has 2 aromatic rings. The molecular formula is C9H9BrClN3O2S2. The molecule has 0 bridgehead atoms. The van der Waals surface area contributed by atoms with Gasteiger partial charge in [-0.2, -0.15) is 0 Å². The zero-order valence-electron chi connectivity index (χ0n) is 9.46. The molecule has 98 valence electrons. The molecule has 0 aromatic carbocycles. The average Bonchev–Trinajstić information content (AvgIpc) is 2.80. The standard InChI is InChI=1S/C9H9BrClN3O2S2/c1-5(2)14-8(6-3-4-7(10)17-6)12-13-9(14)18(11,15)16/h3-5H,1-2H3. The number of halogens is 2.